The number of piperidine rings is 3. The van der Waals surface area contributed by atoms with Crippen LogP contribution in [-0.4, -0.2) is 37.2 Å². The van der Waals surface area contributed by atoms with Crippen LogP contribution in [0.3, 0.4) is 0 Å². The number of nitrogens with zero attached hydrogens (tertiary/aromatic N) is 1. The Kier molecular flexibility index (Phi) is 5.41. The Balaban J connectivity index is 1.83. The third-order valence-electron chi connectivity index (χ3n) is 5.58. The molecule has 0 aromatic heterocycles. The summed E-state index contributed by atoms with van der Waals surface area (Å²) in [5, 5.41) is 0. The summed E-state index contributed by atoms with van der Waals surface area (Å²) in [6.45, 7) is 5.67. The Labute approximate surface area is 141 Å². The van der Waals surface area contributed by atoms with Crippen LogP contribution < -0.4 is 0 Å². The molecule has 1 aromatic rings. The maximum atomic E-state index is 5.99. The van der Waals surface area contributed by atoms with Gasteiger partial charge in [-0.2, -0.15) is 0 Å². The number of hydrogen-bond acceptors (Lipinski definition) is 2. The highest BCUT2D eigenvalue weighted by Crippen LogP contribution is 2.37. The molecular weight excluding hydrogens is 282 g/mol. The molecule has 0 radical (unpaired) electrons. The van der Waals surface area contributed by atoms with Gasteiger partial charge in [0.1, 0.15) is 5.60 Å². The van der Waals surface area contributed by atoms with Crippen molar-refractivity contribution in [2.75, 3.05) is 26.7 Å². The number of methoxy groups -OCH3 is 1. The van der Waals surface area contributed by atoms with Gasteiger partial charge in [-0.1, -0.05) is 61.9 Å². The lowest BCUT2D eigenvalue weighted by Gasteiger charge is -2.49. The summed E-state index contributed by atoms with van der Waals surface area (Å²) in [7, 11) is 1.85. The van der Waals surface area contributed by atoms with E-state index in [0.29, 0.717) is 11.8 Å². The molecule has 3 saturated heterocycles. The molecule has 1 unspecified atom stereocenters. The molecule has 0 aliphatic carbocycles. The predicted octanol–water partition coefficient (Wildman–Crippen LogP) is 4.07. The van der Waals surface area contributed by atoms with Gasteiger partial charge in [-0.05, 0) is 37.9 Å². The Morgan fingerprint density at radius 3 is 2.57 bits per heavy atom. The fraction of sp³-hybridized carbons (Fsp3) is 0.619. The first-order chi connectivity index (χ1) is 11.3. The molecule has 2 nitrogen and oxygen atoms in total. The summed E-state index contributed by atoms with van der Waals surface area (Å²) < 4.78 is 5.99. The summed E-state index contributed by atoms with van der Waals surface area (Å²) in [6.07, 6.45) is 6.04. The highest BCUT2D eigenvalue weighted by Gasteiger charge is 2.46. The second kappa shape index (κ2) is 7.51. The molecule has 0 spiro atoms. The maximum absolute atomic E-state index is 5.99. The van der Waals surface area contributed by atoms with Crippen molar-refractivity contribution >= 4 is 0 Å². The first-order valence-electron chi connectivity index (χ1n) is 9.12. The minimum absolute atomic E-state index is 0.240. The van der Waals surface area contributed by atoms with E-state index < -0.39 is 0 Å². The lowest BCUT2D eigenvalue weighted by Crippen LogP contribution is -2.59. The van der Waals surface area contributed by atoms with Crippen LogP contribution in [0.25, 0.3) is 0 Å². The van der Waals surface area contributed by atoms with Crippen molar-refractivity contribution < 1.29 is 4.74 Å². The fourth-order valence-corrected chi connectivity index (χ4v) is 4.07. The number of rotatable bonds is 5. The van der Waals surface area contributed by atoms with Crippen LogP contribution in [0, 0.1) is 17.8 Å². The minimum atomic E-state index is -0.240. The lowest BCUT2D eigenvalue weighted by molar-refractivity contribution is -0.0962. The number of fused-ring (bicyclic) bond motifs is 3. The fourth-order valence-electron chi connectivity index (χ4n) is 4.07. The molecule has 124 valence electrons. The number of unbranched alkanes of at least 4 members (excludes halogenated alkanes) is 1. The van der Waals surface area contributed by atoms with Gasteiger partial charge in [-0.15, -0.1) is 0 Å². The van der Waals surface area contributed by atoms with E-state index >= 15 is 0 Å². The van der Waals surface area contributed by atoms with E-state index in [1.54, 1.807) is 0 Å². The van der Waals surface area contributed by atoms with Gasteiger partial charge < -0.3 is 4.74 Å². The third kappa shape index (κ3) is 3.62. The van der Waals surface area contributed by atoms with Crippen LogP contribution in [0.5, 0.6) is 0 Å². The van der Waals surface area contributed by atoms with E-state index in [4.69, 9.17) is 4.74 Å². The minimum Gasteiger partial charge on any atom is -0.364 e. The Bertz CT molecular complexity index is 550. The Hall–Kier alpha value is -1.30. The van der Waals surface area contributed by atoms with Crippen molar-refractivity contribution in [1.82, 2.24) is 4.90 Å². The highest BCUT2D eigenvalue weighted by molar-refractivity contribution is 5.31. The molecule has 3 heterocycles. The summed E-state index contributed by atoms with van der Waals surface area (Å²) in [4.78, 5) is 2.52. The molecule has 0 amide bonds. The normalized spacial score (nSPS) is 30.5. The van der Waals surface area contributed by atoms with E-state index in [1.165, 1.54) is 44.3 Å². The van der Waals surface area contributed by atoms with Crippen molar-refractivity contribution in [3.8, 4) is 11.8 Å². The molecule has 3 fully saturated rings. The first kappa shape index (κ1) is 16.6. The summed E-state index contributed by atoms with van der Waals surface area (Å²) in [6, 6.07) is 10.8. The first-order valence-corrected chi connectivity index (χ1v) is 9.12. The maximum Gasteiger partial charge on any atom is 0.143 e. The van der Waals surface area contributed by atoms with Crippen molar-refractivity contribution in [2.45, 2.75) is 50.5 Å². The van der Waals surface area contributed by atoms with Gasteiger partial charge >= 0.3 is 0 Å². The molecular formula is C21H29NO. The van der Waals surface area contributed by atoms with Crippen LogP contribution >= 0.6 is 0 Å². The van der Waals surface area contributed by atoms with Crippen LogP contribution in [0.2, 0.25) is 0 Å². The predicted molar refractivity (Wildman–Crippen MR) is 95.4 cm³/mol. The molecule has 0 N–H and O–H groups in total. The van der Waals surface area contributed by atoms with E-state index in [-0.39, 0.29) is 5.60 Å². The van der Waals surface area contributed by atoms with Crippen molar-refractivity contribution in [1.29, 1.82) is 0 Å². The number of benzene rings is 1. The van der Waals surface area contributed by atoms with Crippen LogP contribution in [-0.2, 0) is 4.74 Å². The largest absolute Gasteiger partial charge is 0.364 e. The second-order valence-corrected chi connectivity index (χ2v) is 7.02. The topological polar surface area (TPSA) is 12.5 Å². The van der Waals surface area contributed by atoms with Crippen LogP contribution in [0.4, 0.5) is 0 Å². The van der Waals surface area contributed by atoms with Gasteiger partial charge in [0.25, 0.3) is 0 Å². The van der Waals surface area contributed by atoms with Gasteiger partial charge in [0.05, 0.1) is 0 Å². The molecule has 23 heavy (non-hydrogen) atoms. The highest BCUT2D eigenvalue weighted by atomic mass is 16.5. The monoisotopic (exact) mass is 311 g/mol. The SMILES string of the molecule is CCCCC(C#C[C@@]1(OC)CN2CCC1CC2)c1ccccc1. The standard InChI is InChI=1S/C21H29NO/c1-3-4-8-19(18-9-6-5-7-10-18)11-14-21(23-2)17-22-15-12-20(21)13-16-22/h5-7,9-10,19-20H,3-4,8,12-13,15-17H2,1-2H3/t19?,21-/m1/s1. The molecule has 2 atom stereocenters. The van der Waals surface area contributed by atoms with Gasteiger partial charge in [0.2, 0.25) is 0 Å². The number of ether oxygens (including phenoxy) is 1. The van der Waals surface area contributed by atoms with Gasteiger partial charge in [-0.3, -0.25) is 4.90 Å². The van der Waals surface area contributed by atoms with E-state index in [0.717, 1.165) is 13.0 Å². The lowest BCUT2D eigenvalue weighted by atomic mass is 9.75. The van der Waals surface area contributed by atoms with Crippen LogP contribution in [0.1, 0.15) is 50.5 Å². The van der Waals surface area contributed by atoms with E-state index in [1.807, 2.05) is 7.11 Å². The van der Waals surface area contributed by atoms with Crippen molar-refractivity contribution in [3.63, 3.8) is 0 Å². The average molecular weight is 311 g/mol. The zero-order chi connectivity index (χ0) is 16.1. The molecule has 1 aromatic carbocycles. The zero-order valence-corrected chi connectivity index (χ0v) is 14.6. The third-order valence-corrected chi connectivity index (χ3v) is 5.58. The van der Waals surface area contributed by atoms with Gasteiger partial charge in [0.15, 0.2) is 0 Å². The van der Waals surface area contributed by atoms with Gasteiger partial charge in [0, 0.05) is 25.5 Å². The summed E-state index contributed by atoms with van der Waals surface area (Å²) in [5.74, 6) is 8.16. The van der Waals surface area contributed by atoms with Gasteiger partial charge in [-0.25, -0.2) is 0 Å². The Morgan fingerprint density at radius 1 is 1.26 bits per heavy atom. The molecule has 4 rings (SSSR count). The molecule has 2 bridgehead atoms. The zero-order valence-electron chi connectivity index (χ0n) is 14.6. The smallest absolute Gasteiger partial charge is 0.143 e. The Morgan fingerprint density at radius 2 is 2.00 bits per heavy atom. The van der Waals surface area contributed by atoms with Crippen molar-refractivity contribution in [3.05, 3.63) is 35.9 Å². The quantitative estimate of drug-likeness (QED) is 0.760. The van der Waals surface area contributed by atoms with E-state index in [9.17, 15) is 0 Å². The molecule has 3 aliphatic heterocycles. The van der Waals surface area contributed by atoms with Crippen molar-refractivity contribution in [2.24, 2.45) is 5.92 Å². The summed E-state index contributed by atoms with van der Waals surface area (Å²) in [5.41, 5.74) is 1.11. The second-order valence-electron chi connectivity index (χ2n) is 7.02. The average Bonchev–Trinajstić information content (AvgIpc) is 2.63. The molecule has 2 heteroatoms. The number of hydrogen-bond donors (Lipinski definition) is 0. The molecule has 3 aliphatic rings. The molecule has 0 saturated carbocycles. The van der Waals surface area contributed by atoms with E-state index in [2.05, 4.69) is 54.0 Å². The summed E-state index contributed by atoms with van der Waals surface area (Å²) >= 11 is 0. The van der Waals surface area contributed by atoms with Crippen LogP contribution in [0.15, 0.2) is 30.3 Å².